The molecule has 4 nitrogen and oxygen atoms in total. The van der Waals surface area contributed by atoms with Crippen molar-refractivity contribution in [2.24, 2.45) is 5.92 Å². The van der Waals surface area contributed by atoms with Gasteiger partial charge in [0.05, 0.1) is 12.5 Å². The second-order valence-electron chi connectivity index (χ2n) is 5.10. The largest absolute Gasteiger partial charge is 0.481 e. The van der Waals surface area contributed by atoms with E-state index in [0.717, 1.165) is 34.4 Å². The predicted octanol–water partition coefficient (Wildman–Crippen LogP) is 3.22. The smallest absolute Gasteiger partial charge is 0.305 e. The molecule has 1 amide bonds. The number of nitrogens with one attached hydrogen (secondary N) is 1. The van der Waals surface area contributed by atoms with Crippen LogP contribution in [0.1, 0.15) is 30.9 Å². The van der Waals surface area contributed by atoms with Gasteiger partial charge in [-0.3, -0.25) is 9.59 Å². The summed E-state index contributed by atoms with van der Waals surface area (Å²) in [5, 5.41) is 12.0. The third-order valence-corrected chi connectivity index (χ3v) is 5.08. The minimum absolute atomic E-state index is 0.00898. The number of carbonyl (C=O) groups excluding carboxylic acids is 1. The molecule has 1 aromatic carbocycles. The van der Waals surface area contributed by atoms with E-state index in [-0.39, 0.29) is 18.2 Å². The normalized spacial score (nSPS) is 17.2. The molecule has 6 heteroatoms. The summed E-state index contributed by atoms with van der Waals surface area (Å²) >= 11 is 5.24. The lowest BCUT2D eigenvalue weighted by molar-refractivity contribution is -0.138. The van der Waals surface area contributed by atoms with Crippen molar-refractivity contribution in [2.45, 2.75) is 25.3 Å². The zero-order valence-corrected chi connectivity index (χ0v) is 14.0. The van der Waals surface area contributed by atoms with Gasteiger partial charge in [0.2, 0.25) is 5.91 Å². The number of amides is 1. The third-order valence-electron chi connectivity index (χ3n) is 3.54. The van der Waals surface area contributed by atoms with Crippen molar-refractivity contribution >= 4 is 39.6 Å². The van der Waals surface area contributed by atoms with Gasteiger partial charge in [-0.1, -0.05) is 28.1 Å². The number of halogens is 1. The Balaban J connectivity index is 2.08. The van der Waals surface area contributed by atoms with Gasteiger partial charge in [-0.25, -0.2) is 0 Å². The molecule has 0 aromatic heterocycles. The van der Waals surface area contributed by atoms with Gasteiger partial charge >= 0.3 is 5.97 Å². The molecule has 1 fully saturated rings. The lowest BCUT2D eigenvalue weighted by atomic mass is 9.99. The van der Waals surface area contributed by atoms with Gasteiger partial charge in [0.1, 0.15) is 0 Å². The van der Waals surface area contributed by atoms with Crippen LogP contribution >= 0.6 is 27.7 Å². The second kappa shape index (κ2) is 7.84. The van der Waals surface area contributed by atoms with Crippen molar-refractivity contribution in [2.75, 3.05) is 11.5 Å². The molecule has 1 aliphatic heterocycles. The van der Waals surface area contributed by atoms with E-state index >= 15 is 0 Å². The Hall–Kier alpha value is -1.01. The summed E-state index contributed by atoms with van der Waals surface area (Å²) < 4.78 is 0.874. The van der Waals surface area contributed by atoms with Crippen LogP contribution in [0.5, 0.6) is 0 Å². The van der Waals surface area contributed by atoms with E-state index in [1.54, 1.807) is 0 Å². The van der Waals surface area contributed by atoms with E-state index < -0.39 is 12.0 Å². The van der Waals surface area contributed by atoms with Gasteiger partial charge in [0, 0.05) is 10.4 Å². The minimum atomic E-state index is -0.917. The summed E-state index contributed by atoms with van der Waals surface area (Å²) in [6, 6.07) is 6.93. The summed E-state index contributed by atoms with van der Waals surface area (Å²) in [4.78, 5) is 23.4. The number of carbonyl (C=O) groups is 2. The Morgan fingerprint density at radius 1 is 1.38 bits per heavy atom. The molecule has 114 valence electrons. The number of aliphatic carboxylic acids is 1. The standard InChI is InChI=1S/C15H18BrNO3S/c16-12-3-1-2-11(8-12)13(9-14(18)19)17-15(20)10-4-6-21-7-5-10/h1-3,8,10,13H,4-7,9H2,(H,17,20)(H,18,19). The molecule has 0 radical (unpaired) electrons. The number of rotatable bonds is 5. The fourth-order valence-electron chi connectivity index (χ4n) is 2.40. The van der Waals surface area contributed by atoms with Crippen LogP contribution in [0.15, 0.2) is 28.7 Å². The Kier molecular flexibility index (Phi) is 6.11. The number of thioether (sulfide) groups is 1. The van der Waals surface area contributed by atoms with Crippen LogP contribution in [0.2, 0.25) is 0 Å². The van der Waals surface area contributed by atoms with Crippen molar-refractivity contribution in [3.8, 4) is 0 Å². The van der Waals surface area contributed by atoms with Gasteiger partial charge in [-0.2, -0.15) is 11.8 Å². The molecule has 1 aliphatic rings. The van der Waals surface area contributed by atoms with Crippen LogP contribution in [-0.4, -0.2) is 28.5 Å². The van der Waals surface area contributed by atoms with Crippen molar-refractivity contribution in [3.05, 3.63) is 34.3 Å². The van der Waals surface area contributed by atoms with Crippen LogP contribution in [0.3, 0.4) is 0 Å². The number of carboxylic acids is 1. The van der Waals surface area contributed by atoms with E-state index in [1.165, 1.54) is 0 Å². The molecule has 0 spiro atoms. The van der Waals surface area contributed by atoms with E-state index in [2.05, 4.69) is 21.2 Å². The molecule has 0 aliphatic carbocycles. The molecular weight excluding hydrogens is 354 g/mol. The van der Waals surface area contributed by atoms with Crippen molar-refractivity contribution in [1.82, 2.24) is 5.32 Å². The van der Waals surface area contributed by atoms with E-state index in [9.17, 15) is 9.59 Å². The van der Waals surface area contributed by atoms with Gasteiger partial charge in [0.15, 0.2) is 0 Å². The maximum absolute atomic E-state index is 12.3. The molecule has 0 bridgehead atoms. The van der Waals surface area contributed by atoms with Crippen molar-refractivity contribution in [3.63, 3.8) is 0 Å². The van der Waals surface area contributed by atoms with Crippen LogP contribution in [0.25, 0.3) is 0 Å². The topological polar surface area (TPSA) is 66.4 Å². The molecule has 1 atom stereocenters. The second-order valence-corrected chi connectivity index (χ2v) is 7.24. The fraction of sp³-hybridized carbons (Fsp3) is 0.467. The van der Waals surface area contributed by atoms with Crippen molar-refractivity contribution < 1.29 is 14.7 Å². The van der Waals surface area contributed by atoms with Gasteiger partial charge in [-0.05, 0) is 42.0 Å². The molecule has 1 aromatic rings. The molecule has 1 unspecified atom stereocenters. The first-order chi connectivity index (χ1) is 10.1. The Morgan fingerprint density at radius 2 is 2.10 bits per heavy atom. The van der Waals surface area contributed by atoms with E-state index in [4.69, 9.17) is 5.11 Å². The summed E-state index contributed by atoms with van der Waals surface area (Å²) in [5.74, 6) is 1.06. The highest BCUT2D eigenvalue weighted by atomic mass is 79.9. The lowest BCUT2D eigenvalue weighted by Crippen LogP contribution is -2.36. The fourth-order valence-corrected chi connectivity index (χ4v) is 3.92. The first-order valence-electron chi connectivity index (χ1n) is 6.91. The SMILES string of the molecule is O=C(O)CC(NC(=O)C1CCSCC1)c1cccc(Br)c1. The van der Waals surface area contributed by atoms with E-state index in [0.29, 0.717) is 0 Å². The van der Waals surface area contributed by atoms with Crippen LogP contribution < -0.4 is 5.32 Å². The highest BCUT2D eigenvalue weighted by Crippen LogP contribution is 2.25. The number of benzene rings is 1. The zero-order valence-electron chi connectivity index (χ0n) is 11.5. The summed E-state index contributed by atoms with van der Waals surface area (Å²) in [6.07, 6.45) is 1.63. The quantitative estimate of drug-likeness (QED) is 0.833. The Bertz CT molecular complexity index is 517. The number of hydrogen-bond acceptors (Lipinski definition) is 3. The maximum atomic E-state index is 12.3. The molecule has 21 heavy (non-hydrogen) atoms. The summed E-state index contributed by atoms with van der Waals surface area (Å²) in [6.45, 7) is 0. The van der Waals surface area contributed by atoms with Crippen LogP contribution in [0, 0.1) is 5.92 Å². The van der Waals surface area contributed by atoms with E-state index in [1.807, 2.05) is 36.0 Å². The Labute approximate surface area is 136 Å². The monoisotopic (exact) mass is 371 g/mol. The highest BCUT2D eigenvalue weighted by Gasteiger charge is 2.25. The first kappa shape index (κ1) is 16.4. The minimum Gasteiger partial charge on any atom is -0.481 e. The predicted molar refractivity (Wildman–Crippen MR) is 87.3 cm³/mol. The highest BCUT2D eigenvalue weighted by molar-refractivity contribution is 9.10. The molecule has 0 saturated carbocycles. The molecule has 2 N–H and O–H groups in total. The van der Waals surface area contributed by atoms with Gasteiger partial charge in [-0.15, -0.1) is 0 Å². The average molecular weight is 372 g/mol. The lowest BCUT2D eigenvalue weighted by Gasteiger charge is -2.24. The zero-order chi connectivity index (χ0) is 15.2. The molecular formula is C15H18BrNO3S. The molecule has 1 saturated heterocycles. The Morgan fingerprint density at radius 3 is 2.71 bits per heavy atom. The van der Waals surface area contributed by atoms with Gasteiger partial charge in [0.25, 0.3) is 0 Å². The first-order valence-corrected chi connectivity index (χ1v) is 8.86. The van der Waals surface area contributed by atoms with Crippen molar-refractivity contribution in [1.29, 1.82) is 0 Å². The summed E-state index contributed by atoms with van der Waals surface area (Å²) in [5.41, 5.74) is 0.810. The van der Waals surface area contributed by atoms with Crippen LogP contribution in [-0.2, 0) is 9.59 Å². The number of carboxylic acid groups (broad SMARTS) is 1. The molecule has 2 rings (SSSR count). The number of hydrogen-bond donors (Lipinski definition) is 2. The maximum Gasteiger partial charge on any atom is 0.305 e. The van der Waals surface area contributed by atoms with Crippen LogP contribution in [0.4, 0.5) is 0 Å². The van der Waals surface area contributed by atoms with Gasteiger partial charge < -0.3 is 10.4 Å². The summed E-state index contributed by atoms with van der Waals surface area (Å²) in [7, 11) is 0. The third kappa shape index (κ3) is 5.04. The molecule has 1 heterocycles. The average Bonchev–Trinajstić information content (AvgIpc) is 2.47.